The lowest BCUT2D eigenvalue weighted by Gasteiger charge is -2.33. The van der Waals surface area contributed by atoms with Crippen LogP contribution in [0.4, 0.5) is 19.0 Å². The Balaban J connectivity index is 1.56. The van der Waals surface area contributed by atoms with E-state index in [9.17, 15) is 22.8 Å². The highest BCUT2D eigenvalue weighted by Crippen LogP contribution is 2.27. The van der Waals surface area contributed by atoms with Gasteiger partial charge in [-0.15, -0.1) is 13.2 Å². The average Bonchev–Trinajstić information content (AvgIpc) is 2.79. The molecule has 1 aromatic heterocycles. The standard InChI is InChI=1S/C25H20ClF3N4O3/c26-18-7-9-22(31-14-18)32-24(35)20-13-19(36-25(27,28)29)8-6-17(20)12-21(34)15-2-4-16(5-3-15)23(30)33-10-1-11-33/h2-9,13-14,30H,1,10-12H2,(H,31,32,35). The molecule has 11 heteroatoms. The zero-order valence-corrected chi connectivity index (χ0v) is 19.5. The van der Waals surface area contributed by atoms with Crippen LogP contribution in [0.1, 0.15) is 38.3 Å². The predicted octanol–water partition coefficient (Wildman–Crippen LogP) is 5.34. The summed E-state index contributed by atoms with van der Waals surface area (Å²) in [5.74, 6) is -1.19. The molecule has 0 atom stereocenters. The lowest BCUT2D eigenvalue weighted by Crippen LogP contribution is -2.42. The average molecular weight is 517 g/mol. The number of nitrogens with one attached hydrogen (secondary N) is 2. The Labute approximate surface area is 209 Å². The van der Waals surface area contributed by atoms with E-state index < -0.39 is 18.0 Å². The van der Waals surface area contributed by atoms with Crippen molar-refractivity contribution in [3.05, 3.63) is 88.1 Å². The second-order valence-electron chi connectivity index (χ2n) is 8.05. The van der Waals surface area contributed by atoms with Gasteiger partial charge in [0.25, 0.3) is 5.91 Å². The number of Topliss-reactive ketones (excluding diaryl/α,β-unsaturated/α-hetero) is 1. The van der Waals surface area contributed by atoms with Gasteiger partial charge in [0.15, 0.2) is 5.78 Å². The summed E-state index contributed by atoms with van der Waals surface area (Å²) < 4.78 is 42.2. The first kappa shape index (κ1) is 25.2. The summed E-state index contributed by atoms with van der Waals surface area (Å²) in [6.45, 7) is 1.65. The number of ether oxygens (including phenoxy) is 1. The number of rotatable bonds is 7. The lowest BCUT2D eigenvalue weighted by molar-refractivity contribution is -0.274. The Kier molecular flexibility index (Phi) is 7.25. The van der Waals surface area contributed by atoms with Gasteiger partial charge >= 0.3 is 6.36 Å². The summed E-state index contributed by atoms with van der Waals surface area (Å²) in [6, 6.07) is 12.7. The fourth-order valence-corrected chi connectivity index (χ4v) is 3.67. The molecule has 0 spiro atoms. The summed E-state index contributed by atoms with van der Waals surface area (Å²) in [7, 11) is 0. The summed E-state index contributed by atoms with van der Waals surface area (Å²) in [5.41, 5.74) is 1.06. The number of aromatic nitrogens is 1. The van der Waals surface area contributed by atoms with E-state index in [0.29, 0.717) is 22.0 Å². The molecule has 0 aliphatic carbocycles. The molecule has 1 aliphatic heterocycles. The van der Waals surface area contributed by atoms with Gasteiger partial charge in [-0.1, -0.05) is 41.9 Å². The van der Waals surface area contributed by atoms with Crippen molar-refractivity contribution in [1.82, 2.24) is 9.88 Å². The van der Waals surface area contributed by atoms with Crippen molar-refractivity contribution in [2.75, 3.05) is 18.4 Å². The van der Waals surface area contributed by atoms with Crippen LogP contribution in [0.25, 0.3) is 0 Å². The fourth-order valence-electron chi connectivity index (χ4n) is 3.56. The molecule has 2 N–H and O–H groups in total. The molecule has 0 unspecified atom stereocenters. The van der Waals surface area contributed by atoms with E-state index in [1.54, 1.807) is 24.3 Å². The highest BCUT2D eigenvalue weighted by molar-refractivity contribution is 6.30. The Morgan fingerprint density at radius 3 is 2.33 bits per heavy atom. The number of alkyl halides is 3. The Morgan fingerprint density at radius 2 is 1.75 bits per heavy atom. The molecule has 2 heterocycles. The van der Waals surface area contributed by atoms with Gasteiger partial charge in [0.05, 0.1) is 5.02 Å². The molecule has 0 radical (unpaired) electrons. The molecule has 186 valence electrons. The molecule has 3 aromatic rings. The van der Waals surface area contributed by atoms with Crippen molar-refractivity contribution in [3.63, 3.8) is 0 Å². The quantitative estimate of drug-likeness (QED) is 0.251. The van der Waals surface area contributed by atoms with Crippen LogP contribution in [0.2, 0.25) is 5.02 Å². The number of hydrogen-bond acceptors (Lipinski definition) is 5. The monoisotopic (exact) mass is 516 g/mol. The van der Waals surface area contributed by atoms with Crippen LogP contribution in [-0.2, 0) is 6.42 Å². The van der Waals surface area contributed by atoms with E-state index in [-0.39, 0.29) is 29.1 Å². The minimum Gasteiger partial charge on any atom is -0.406 e. The zero-order chi connectivity index (χ0) is 25.9. The smallest absolute Gasteiger partial charge is 0.406 e. The summed E-state index contributed by atoms with van der Waals surface area (Å²) in [6.07, 6.45) is -2.85. The third-order valence-corrected chi connectivity index (χ3v) is 5.76. The summed E-state index contributed by atoms with van der Waals surface area (Å²) in [4.78, 5) is 31.7. The molecule has 0 saturated carbocycles. The van der Waals surface area contributed by atoms with Crippen LogP contribution in [-0.4, -0.2) is 46.9 Å². The van der Waals surface area contributed by atoms with Crippen molar-refractivity contribution < 1.29 is 27.5 Å². The lowest BCUT2D eigenvalue weighted by atomic mass is 9.97. The summed E-state index contributed by atoms with van der Waals surface area (Å²) >= 11 is 5.79. The first-order chi connectivity index (χ1) is 17.1. The SMILES string of the molecule is N=C(c1ccc(C(=O)Cc2ccc(OC(F)(F)F)cc2C(=O)Nc2ccc(Cl)cn2)cc1)N1CCC1. The number of nitrogens with zero attached hydrogens (tertiary/aromatic N) is 2. The van der Waals surface area contributed by atoms with Crippen molar-refractivity contribution >= 4 is 34.9 Å². The van der Waals surface area contributed by atoms with Crippen molar-refractivity contribution in [1.29, 1.82) is 5.41 Å². The third-order valence-electron chi connectivity index (χ3n) is 5.53. The van der Waals surface area contributed by atoms with E-state index in [1.807, 2.05) is 4.90 Å². The number of carbonyl (C=O) groups is 2. The van der Waals surface area contributed by atoms with Crippen LogP contribution in [0.5, 0.6) is 5.75 Å². The van der Waals surface area contributed by atoms with Gasteiger partial charge in [-0.2, -0.15) is 0 Å². The Hall–Kier alpha value is -3.92. The van der Waals surface area contributed by atoms with E-state index >= 15 is 0 Å². The highest BCUT2D eigenvalue weighted by atomic mass is 35.5. The summed E-state index contributed by atoms with van der Waals surface area (Å²) in [5, 5.41) is 11.0. The number of carbonyl (C=O) groups excluding carboxylic acids is 2. The van der Waals surface area contributed by atoms with Gasteiger partial charge in [-0.3, -0.25) is 15.0 Å². The molecule has 0 bridgehead atoms. The second kappa shape index (κ2) is 10.4. The predicted molar refractivity (Wildman–Crippen MR) is 128 cm³/mol. The first-order valence-corrected chi connectivity index (χ1v) is 11.3. The zero-order valence-electron chi connectivity index (χ0n) is 18.7. The van der Waals surface area contributed by atoms with E-state index in [2.05, 4.69) is 15.0 Å². The largest absolute Gasteiger partial charge is 0.573 e. The fraction of sp³-hybridized carbons (Fsp3) is 0.200. The van der Waals surface area contributed by atoms with Crippen LogP contribution >= 0.6 is 11.6 Å². The normalized spacial score (nSPS) is 13.1. The second-order valence-corrected chi connectivity index (χ2v) is 8.49. The molecule has 1 fully saturated rings. The molecule has 1 saturated heterocycles. The van der Waals surface area contributed by atoms with E-state index in [1.165, 1.54) is 24.4 Å². The molecule has 1 aliphatic rings. The molecule has 7 nitrogen and oxygen atoms in total. The van der Waals surface area contributed by atoms with Crippen LogP contribution in [0, 0.1) is 5.41 Å². The maximum Gasteiger partial charge on any atom is 0.573 e. The Bertz CT molecular complexity index is 1290. The topological polar surface area (TPSA) is 95.4 Å². The third kappa shape index (κ3) is 6.19. The van der Waals surface area contributed by atoms with Gasteiger partial charge in [0.1, 0.15) is 17.4 Å². The van der Waals surface area contributed by atoms with Crippen molar-refractivity contribution in [2.45, 2.75) is 19.2 Å². The van der Waals surface area contributed by atoms with Gasteiger partial charge < -0.3 is 15.0 Å². The molecule has 2 aromatic carbocycles. The van der Waals surface area contributed by atoms with Crippen LogP contribution < -0.4 is 10.1 Å². The molecular formula is C25H20ClF3N4O3. The number of hydrogen-bond donors (Lipinski definition) is 2. The first-order valence-electron chi connectivity index (χ1n) is 10.9. The minimum atomic E-state index is -4.95. The van der Waals surface area contributed by atoms with Gasteiger partial charge in [0.2, 0.25) is 0 Å². The van der Waals surface area contributed by atoms with Gasteiger partial charge in [0, 0.05) is 42.4 Å². The minimum absolute atomic E-state index is 0.129. The van der Waals surface area contributed by atoms with Gasteiger partial charge in [-0.05, 0) is 36.2 Å². The molecule has 1 amide bonds. The molecular weight excluding hydrogens is 497 g/mol. The number of halogens is 4. The van der Waals surface area contributed by atoms with Crippen molar-refractivity contribution in [3.8, 4) is 5.75 Å². The number of benzene rings is 2. The molecule has 4 rings (SSSR count). The number of anilines is 1. The maximum absolute atomic E-state index is 12.9. The van der Waals surface area contributed by atoms with Crippen LogP contribution in [0.3, 0.4) is 0 Å². The van der Waals surface area contributed by atoms with Crippen molar-refractivity contribution in [2.24, 2.45) is 0 Å². The molecule has 36 heavy (non-hydrogen) atoms. The number of ketones is 1. The van der Waals surface area contributed by atoms with E-state index in [4.69, 9.17) is 17.0 Å². The van der Waals surface area contributed by atoms with Crippen LogP contribution in [0.15, 0.2) is 60.8 Å². The number of amides is 1. The van der Waals surface area contributed by atoms with E-state index in [0.717, 1.165) is 31.6 Å². The maximum atomic E-state index is 12.9. The van der Waals surface area contributed by atoms with Gasteiger partial charge in [-0.25, -0.2) is 4.98 Å². The number of likely N-dealkylation sites (tertiary alicyclic amines) is 1. The number of pyridine rings is 1. The Morgan fingerprint density at radius 1 is 1.06 bits per heavy atom. The highest BCUT2D eigenvalue weighted by Gasteiger charge is 2.31. The number of amidine groups is 1.